The highest BCUT2D eigenvalue weighted by molar-refractivity contribution is 6.05. The Morgan fingerprint density at radius 3 is 1.56 bits per heavy atom. The Morgan fingerprint density at radius 1 is 0.597 bits per heavy atom. The van der Waals surface area contributed by atoms with Gasteiger partial charge in [0.15, 0.2) is 0 Å². The first kappa shape index (κ1) is 47.4. The largest absolute Gasteiger partial charge is 0.457 e. The molecule has 0 unspecified atom stereocenters. The van der Waals surface area contributed by atoms with Crippen LogP contribution >= 0.6 is 0 Å². The number of anilines is 2. The number of nitrogens with zero attached hydrogens (tertiary/aromatic N) is 9. The lowest BCUT2D eigenvalue weighted by Crippen LogP contribution is -2.57. The van der Waals surface area contributed by atoms with E-state index >= 15 is 4.79 Å². The number of amides is 3. The van der Waals surface area contributed by atoms with Crippen LogP contribution in [0.1, 0.15) is 51.4 Å². The summed E-state index contributed by atoms with van der Waals surface area (Å²) in [6, 6.07) is 34.0. The van der Waals surface area contributed by atoms with Gasteiger partial charge in [0.25, 0.3) is 5.91 Å². The molecule has 0 bridgehead atoms. The summed E-state index contributed by atoms with van der Waals surface area (Å²) in [7, 11) is 0. The average molecular weight is 967 g/mol. The van der Waals surface area contributed by atoms with Crippen LogP contribution in [0.2, 0.25) is 0 Å². The summed E-state index contributed by atoms with van der Waals surface area (Å²) < 4.78 is 15.7. The third kappa shape index (κ3) is 9.75. The Labute approximate surface area is 417 Å². The van der Waals surface area contributed by atoms with E-state index in [1.165, 1.54) is 19.1 Å². The number of ether oxygens (including phenoxy) is 2. The molecule has 6 N–H and O–H groups in total. The second-order valence-corrected chi connectivity index (χ2v) is 18.5. The molecule has 2 aliphatic rings. The molecule has 4 aromatic carbocycles. The highest BCUT2D eigenvalue weighted by Gasteiger charge is 2.49. The molecular formula is C55H58N12O5. The van der Waals surface area contributed by atoms with Crippen molar-refractivity contribution < 1.29 is 23.9 Å². The number of aromatic nitrogens is 6. The fraction of sp³-hybridized carbons (Fsp3) is 0.291. The van der Waals surface area contributed by atoms with E-state index in [0.717, 1.165) is 50.0 Å². The lowest BCUT2D eigenvalue weighted by molar-refractivity contribution is -0.145. The summed E-state index contributed by atoms with van der Waals surface area (Å²) in [5.41, 5.74) is 21.2. The zero-order chi connectivity index (χ0) is 49.6. The third-order valence-electron chi connectivity index (χ3n) is 13.7. The number of hydrogen-bond donors (Lipinski definition) is 3. The van der Waals surface area contributed by atoms with Crippen LogP contribution in [0.15, 0.2) is 134 Å². The molecule has 2 saturated heterocycles. The molecule has 0 aliphatic carbocycles. The lowest BCUT2D eigenvalue weighted by Gasteiger charge is -2.40. The molecule has 4 aromatic heterocycles. The molecule has 0 saturated carbocycles. The summed E-state index contributed by atoms with van der Waals surface area (Å²) >= 11 is 0. The van der Waals surface area contributed by atoms with Gasteiger partial charge in [-0.25, -0.2) is 19.9 Å². The normalized spacial score (nSPS) is 14.3. The number of nitrogen functional groups attached to an aromatic ring is 2. The van der Waals surface area contributed by atoms with E-state index in [1.807, 2.05) is 119 Å². The van der Waals surface area contributed by atoms with Gasteiger partial charge >= 0.3 is 0 Å². The van der Waals surface area contributed by atoms with Gasteiger partial charge in [0.05, 0.1) is 17.2 Å². The first-order valence-corrected chi connectivity index (χ1v) is 24.6. The van der Waals surface area contributed by atoms with Gasteiger partial charge in [0.2, 0.25) is 17.5 Å². The van der Waals surface area contributed by atoms with Crippen molar-refractivity contribution in [1.82, 2.24) is 43.8 Å². The average Bonchev–Trinajstić information content (AvgIpc) is 4.13. The van der Waals surface area contributed by atoms with Crippen LogP contribution < -0.4 is 26.7 Å². The quantitative estimate of drug-likeness (QED) is 0.0701. The predicted molar refractivity (Wildman–Crippen MR) is 277 cm³/mol. The number of para-hydroxylation sites is 2. The highest BCUT2D eigenvalue weighted by atomic mass is 16.5. The van der Waals surface area contributed by atoms with E-state index in [4.69, 9.17) is 36.6 Å². The van der Waals surface area contributed by atoms with Gasteiger partial charge in [0.1, 0.15) is 58.6 Å². The smallest absolute Gasteiger partial charge is 0.270 e. The molecule has 17 heteroatoms. The number of carbonyl (C=O) groups excluding carboxylic acids is 3. The van der Waals surface area contributed by atoms with E-state index in [-0.39, 0.29) is 35.4 Å². The molecule has 368 valence electrons. The molecule has 72 heavy (non-hydrogen) atoms. The van der Waals surface area contributed by atoms with Crippen LogP contribution in [0, 0.1) is 0 Å². The zero-order valence-corrected chi connectivity index (χ0v) is 40.1. The summed E-state index contributed by atoms with van der Waals surface area (Å²) in [4.78, 5) is 68.3. The Hall–Kier alpha value is -8.31. The monoisotopic (exact) mass is 966 g/mol. The number of benzene rings is 4. The van der Waals surface area contributed by atoms with E-state index in [1.54, 1.807) is 21.5 Å². The van der Waals surface area contributed by atoms with Crippen LogP contribution in [-0.4, -0.2) is 107 Å². The van der Waals surface area contributed by atoms with Gasteiger partial charge in [0, 0.05) is 56.1 Å². The van der Waals surface area contributed by atoms with Crippen LogP contribution in [0.5, 0.6) is 23.0 Å². The number of fused-ring (bicyclic) bond motifs is 2. The Bertz CT molecular complexity index is 3020. The molecule has 3 amide bonds. The van der Waals surface area contributed by atoms with E-state index in [2.05, 4.69) is 14.9 Å². The van der Waals surface area contributed by atoms with Gasteiger partial charge in [-0.1, -0.05) is 67.1 Å². The van der Waals surface area contributed by atoms with Gasteiger partial charge in [-0.15, -0.1) is 0 Å². The third-order valence-corrected chi connectivity index (χ3v) is 13.7. The second kappa shape index (κ2) is 21.0. The number of rotatable bonds is 19. The molecule has 2 aliphatic heterocycles. The van der Waals surface area contributed by atoms with E-state index in [9.17, 15) is 9.59 Å². The zero-order valence-electron chi connectivity index (χ0n) is 40.1. The number of hydrogen-bond acceptors (Lipinski definition) is 12. The maximum Gasteiger partial charge on any atom is 0.270 e. The topological polar surface area (TPSA) is 219 Å². The van der Waals surface area contributed by atoms with Crippen molar-refractivity contribution in [1.29, 1.82) is 0 Å². The molecule has 2 fully saturated rings. The van der Waals surface area contributed by atoms with Gasteiger partial charge in [-0.2, -0.15) is 0 Å². The van der Waals surface area contributed by atoms with Gasteiger partial charge in [-0.05, 0) is 111 Å². The minimum atomic E-state index is -2.03. The standard InChI is InChI=1S/C55H58N12O5/c56-46(68)33-55(54(70)65(31-11-28-63-26-8-3-9-27-63)32-12-30-64-29-10-17-47(64)69,66-34-44(48-50(57)59-36-61-52(48)66)38-18-22-42(23-19-38)71-40-13-4-1-5-14-40)67-35-45(49-51(58)60-37-62-53(49)67)39-20-24-43(25-21-39)72-41-15-6-2-7-16-41/h1-2,4-7,13-16,18-25,34-37H,3,8-12,17,26-33H2,(H2,56,68)(H2,57,59,61)(H2,58,60,62). The summed E-state index contributed by atoms with van der Waals surface area (Å²) in [5, 5.41) is 0.916. The molecular weight excluding hydrogens is 909 g/mol. The summed E-state index contributed by atoms with van der Waals surface area (Å²) in [5.74, 6) is 1.80. The molecule has 10 rings (SSSR count). The molecule has 6 heterocycles. The SMILES string of the molecule is NC(=O)CC(C(=O)N(CCCN1CCCCC1)CCCN1CCCC1=O)(n1cc(-c2ccc(Oc3ccccc3)cc2)c2c(N)ncnc21)n1cc(-c2ccc(Oc3ccccc3)cc2)c2c(N)ncnc21. The number of likely N-dealkylation sites (tertiary alicyclic amines) is 2. The second-order valence-electron chi connectivity index (χ2n) is 18.5. The van der Waals surface area contributed by atoms with Crippen molar-refractivity contribution in [3.63, 3.8) is 0 Å². The van der Waals surface area contributed by atoms with E-state index in [0.29, 0.717) is 83.8 Å². The summed E-state index contributed by atoms with van der Waals surface area (Å²) in [6.07, 6.45) is 11.7. The number of nitrogens with two attached hydrogens (primary N) is 3. The van der Waals surface area contributed by atoms with Gasteiger partial charge < -0.3 is 41.4 Å². The number of piperidine rings is 1. The maximum absolute atomic E-state index is 16.7. The summed E-state index contributed by atoms with van der Waals surface area (Å²) in [6.45, 7) is 4.55. The maximum atomic E-state index is 16.7. The predicted octanol–water partition coefficient (Wildman–Crippen LogP) is 8.05. The van der Waals surface area contributed by atoms with Crippen molar-refractivity contribution in [2.45, 2.75) is 57.0 Å². The van der Waals surface area contributed by atoms with Crippen molar-refractivity contribution in [2.75, 3.05) is 57.3 Å². The lowest BCUT2D eigenvalue weighted by atomic mass is 10.0. The van der Waals surface area contributed by atoms with Gasteiger partial charge in [-0.3, -0.25) is 23.5 Å². The van der Waals surface area contributed by atoms with Crippen LogP contribution in [-0.2, 0) is 20.0 Å². The van der Waals surface area contributed by atoms with Crippen LogP contribution in [0.25, 0.3) is 44.3 Å². The molecule has 0 spiro atoms. The van der Waals surface area contributed by atoms with Crippen molar-refractivity contribution in [2.24, 2.45) is 5.73 Å². The molecule has 8 aromatic rings. The molecule has 17 nitrogen and oxygen atoms in total. The fourth-order valence-electron chi connectivity index (χ4n) is 10.3. The molecule has 0 radical (unpaired) electrons. The first-order chi connectivity index (χ1) is 35.2. The Kier molecular flexibility index (Phi) is 13.8. The minimum Gasteiger partial charge on any atom is -0.457 e. The van der Waals surface area contributed by atoms with E-state index < -0.39 is 23.9 Å². The van der Waals surface area contributed by atoms with Crippen LogP contribution in [0.4, 0.5) is 11.6 Å². The Morgan fingerprint density at radius 2 is 1.08 bits per heavy atom. The minimum absolute atomic E-state index is 0.104. The molecule has 0 atom stereocenters. The highest BCUT2D eigenvalue weighted by Crippen LogP contribution is 2.43. The van der Waals surface area contributed by atoms with Crippen molar-refractivity contribution >= 4 is 51.4 Å². The number of primary amides is 1. The van der Waals surface area contributed by atoms with Crippen molar-refractivity contribution in [3.8, 4) is 45.3 Å². The van der Waals surface area contributed by atoms with Crippen LogP contribution in [0.3, 0.4) is 0 Å². The number of carbonyl (C=O) groups is 3. The first-order valence-electron chi connectivity index (χ1n) is 24.6. The Balaban J connectivity index is 1.16. The fourth-order valence-corrected chi connectivity index (χ4v) is 10.3. The van der Waals surface area contributed by atoms with Crippen molar-refractivity contribution in [3.05, 3.63) is 134 Å².